The monoisotopic (exact) mass is 431 g/mol. The minimum Gasteiger partial charge on any atom is -0.351 e. The van der Waals surface area contributed by atoms with Crippen LogP contribution in [0.15, 0.2) is 24.4 Å². The van der Waals surface area contributed by atoms with E-state index in [1.54, 1.807) is 24.4 Å². The van der Waals surface area contributed by atoms with Crippen LogP contribution in [-0.2, 0) is 13.2 Å². The van der Waals surface area contributed by atoms with Crippen LogP contribution in [0.3, 0.4) is 0 Å². The molecule has 0 aliphatic heterocycles. The summed E-state index contributed by atoms with van der Waals surface area (Å²) in [5.41, 5.74) is 8.59. The number of hydrogen-bond acceptors (Lipinski definition) is 6. The molecule has 30 heavy (non-hydrogen) atoms. The SMILES string of the molecule is CC(N)CCn1c(Nc2cc(Cl)cc(CF)c2)nc2cnc(NC3CCCC3)nc21. The van der Waals surface area contributed by atoms with Crippen LogP contribution in [0.25, 0.3) is 11.2 Å². The average Bonchev–Trinajstić information content (AvgIpc) is 3.33. The molecule has 0 radical (unpaired) electrons. The van der Waals surface area contributed by atoms with Crippen molar-refractivity contribution in [1.82, 2.24) is 19.5 Å². The van der Waals surface area contributed by atoms with E-state index in [2.05, 4.69) is 20.6 Å². The molecule has 0 spiro atoms. The molecule has 7 nitrogen and oxygen atoms in total. The molecule has 0 saturated heterocycles. The largest absolute Gasteiger partial charge is 0.351 e. The molecule has 3 aromatic rings. The highest BCUT2D eigenvalue weighted by atomic mass is 35.5. The van der Waals surface area contributed by atoms with Crippen molar-refractivity contribution in [2.24, 2.45) is 5.73 Å². The van der Waals surface area contributed by atoms with E-state index in [0.717, 1.165) is 24.9 Å². The lowest BCUT2D eigenvalue weighted by Gasteiger charge is -2.14. The van der Waals surface area contributed by atoms with Crippen LogP contribution in [0.4, 0.5) is 22.0 Å². The quantitative estimate of drug-likeness (QED) is 0.475. The van der Waals surface area contributed by atoms with Gasteiger partial charge in [-0.25, -0.2) is 14.4 Å². The van der Waals surface area contributed by atoms with Crippen LogP contribution in [0.1, 0.15) is 44.6 Å². The van der Waals surface area contributed by atoms with Gasteiger partial charge in [-0.05, 0) is 49.9 Å². The summed E-state index contributed by atoms with van der Waals surface area (Å²) in [6.45, 7) is 2.03. The Bertz CT molecular complexity index is 1010. The summed E-state index contributed by atoms with van der Waals surface area (Å²) in [6, 6.07) is 5.54. The lowest BCUT2D eigenvalue weighted by atomic mass is 10.2. The standard InChI is InChI=1S/C21H27ClFN7/c1-13(24)6-7-30-19-18(12-25-20(29-19)26-16-4-2-3-5-16)28-21(30)27-17-9-14(11-23)8-15(22)10-17/h8-10,12-13,16H,2-7,11,24H2,1H3,(H,27,28)(H,25,26,29). The Morgan fingerprint density at radius 2 is 2.07 bits per heavy atom. The first-order chi connectivity index (χ1) is 14.5. The van der Waals surface area contributed by atoms with Crippen molar-refractivity contribution < 1.29 is 4.39 Å². The van der Waals surface area contributed by atoms with Crippen LogP contribution < -0.4 is 16.4 Å². The van der Waals surface area contributed by atoms with E-state index in [1.165, 1.54) is 12.8 Å². The van der Waals surface area contributed by atoms with Gasteiger partial charge in [-0.3, -0.25) is 4.57 Å². The molecule has 1 saturated carbocycles. The third-order valence-electron chi connectivity index (χ3n) is 5.35. The molecule has 4 N–H and O–H groups in total. The van der Waals surface area contributed by atoms with Gasteiger partial charge in [-0.1, -0.05) is 24.4 Å². The number of alkyl halides is 1. The van der Waals surface area contributed by atoms with Gasteiger partial charge in [-0.15, -0.1) is 0 Å². The summed E-state index contributed by atoms with van der Waals surface area (Å²) >= 11 is 6.14. The minimum atomic E-state index is -0.585. The van der Waals surface area contributed by atoms with Crippen LogP contribution in [0.5, 0.6) is 0 Å². The van der Waals surface area contributed by atoms with Crippen LogP contribution in [-0.4, -0.2) is 31.6 Å². The van der Waals surface area contributed by atoms with Crippen molar-refractivity contribution in [1.29, 1.82) is 0 Å². The Kier molecular flexibility index (Phi) is 6.34. The summed E-state index contributed by atoms with van der Waals surface area (Å²) in [7, 11) is 0. The first-order valence-corrected chi connectivity index (χ1v) is 10.8. The number of benzene rings is 1. The highest BCUT2D eigenvalue weighted by Crippen LogP contribution is 2.27. The van der Waals surface area contributed by atoms with Gasteiger partial charge in [0.2, 0.25) is 11.9 Å². The number of anilines is 3. The van der Waals surface area contributed by atoms with Gasteiger partial charge in [0.25, 0.3) is 0 Å². The highest BCUT2D eigenvalue weighted by molar-refractivity contribution is 6.30. The van der Waals surface area contributed by atoms with Gasteiger partial charge in [0.1, 0.15) is 12.2 Å². The number of nitrogens with one attached hydrogen (secondary N) is 2. The van der Waals surface area contributed by atoms with E-state index in [4.69, 9.17) is 22.3 Å². The number of fused-ring (bicyclic) bond motifs is 1. The molecule has 2 heterocycles. The zero-order chi connectivity index (χ0) is 21.1. The zero-order valence-corrected chi connectivity index (χ0v) is 17.8. The Balaban J connectivity index is 1.68. The van der Waals surface area contributed by atoms with Crippen LogP contribution in [0.2, 0.25) is 5.02 Å². The Morgan fingerprint density at radius 3 is 2.80 bits per heavy atom. The van der Waals surface area contributed by atoms with Crippen LogP contribution >= 0.6 is 11.6 Å². The number of hydrogen-bond donors (Lipinski definition) is 3. The molecule has 160 valence electrons. The van der Waals surface area contributed by atoms with Gasteiger partial charge < -0.3 is 16.4 Å². The molecule has 0 amide bonds. The molecule has 1 aromatic carbocycles. The van der Waals surface area contributed by atoms with E-state index >= 15 is 0 Å². The van der Waals surface area contributed by atoms with Gasteiger partial charge in [-0.2, -0.15) is 4.98 Å². The summed E-state index contributed by atoms with van der Waals surface area (Å²) in [6.07, 6.45) is 7.26. The maximum atomic E-state index is 13.1. The van der Waals surface area contributed by atoms with E-state index in [-0.39, 0.29) is 6.04 Å². The molecule has 1 fully saturated rings. The van der Waals surface area contributed by atoms with Crippen molar-refractivity contribution >= 4 is 40.3 Å². The van der Waals surface area contributed by atoms with Gasteiger partial charge in [0.15, 0.2) is 5.65 Å². The second-order valence-electron chi connectivity index (χ2n) is 7.99. The topological polar surface area (TPSA) is 93.7 Å². The first kappa shape index (κ1) is 20.8. The van der Waals surface area contributed by atoms with Crippen molar-refractivity contribution in [3.63, 3.8) is 0 Å². The number of rotatable bonds is 8. The number of nitrogens with two attached hydrogens (primary N) is 1. The summed E-state index contributed by atoms with van der Waals surface area (Å²) < 4.78 is 15.1. The second kappa shape index (κ2) is 9.14. The fourth-order valence-corrected chi connectivity index (χ4v) is 4.07. The molecular formula is C21H27ClFN7. The maximum absolute atomic E-state index is 13.1. The van der Waals surface area contributed by atoms with E-state index < -0.39 is 6.67 Å². The fourth-order valence-electron chi connectivity index (χ4n) is 3.81. The highest BCUT2D eigenvalue weighted by Gasteiger charge is 2.18. The van der Waals surface area contributed by atoms with Gasteiger partial charge in [0.05, 0.1) is 6.20 Å². The van der Waals surface area contributed by atoms with Crippen molar-refractivity contribution in [3.8, 4) is 0 Å². The lowest BCUT2D eigenvalue weighted by Crippen LogP contribution is -2.19. The lowest BCUT2D eigenvalue weighted by molar-refractivity contribution is 0.485. The number of aromatic nitrogens is 4. The third-order valence-corrected chi connectivity index (χ3v) is 5.57. The number of halogens is 2. The van der Waals surface area contributed by atoms with Crippen LogP contribution in [0, 0.1) is 0 Å². The Hall–Kier alpha value is -2.45. The predicted molar refractivity (Wildman–Crippen MR) is 119 cm³/mol. The van der Waals surface area contributed by atoms with Gasteiger partial charge in [0, 0.05) is 29.3 Å². The third kappa shape index (κ3) is 4.82. The molecule has 1 unspecified atom stereocenters. The Labute approximate surface area is 180 Å². The first-order valence-electron chi connectivity index (χ1n) is 10.4. The van der Waals surface area contributed by atoms with E-state index in [9.17, 15) is 4.39 Å². The molecular weight excluding hydrogens is 405 g/mol. The molecule has 1 aliphatic carbocycles. The molecule has 2 aromatic heterocycles. The predicted octanol–water partition coefficient (Wildman–Crippen LogP) is 4.78. The number of aryl methyl sites for hydroxylation is 1. The van der Waals surface area contributed by atoms with E-state index in [1.807, 2.05) is 11.5 Å². The van der Waals surface area contributed by atoms with Gasteiger partial charge >= 0.3 is 0 Å². The zero-order valence-electron chi connectivity index (χ0n) is 17.0. The summed E-state index contributed by atoms with van der Waals surface area (Å²) in [5.74, 6) is 1.22. The molecule has 1 aliphatic rings. The molecule has 0 bridgehead atoms. The fraction of sp³-hybridized carbons (Fsp3) is 0.476. The molecule has 9 heteroatoms. The Morgan fingerprint density at radius 1 is 1.27 bits per heavy atom. The van der Waals surface area contributed by atoms with Crippen molar-refractivity contribution in [3.05, 3.63) is 35.0 Å². The second-order valence-corrected chi connectivity index (χ2v) is 8.42. The smallest absolute Gasteiger partial charge is 0.224 e. The minimum absolute atomic E-state index is 0.0394. The summed E-state index contributed by atoms with van der Waals surface area (Å²) in [5, 5.41) is 7.17. The van der Waals surface area contributed by atoms with Crippen molar-refractivity contribution in [2.75, 3.05) is 10.6 Å². The molecule has 4 rings (SSSR count). The van der Waals surface area contributed by atoms with Crippen molar-refractivity contribution in [2.45, 2.75) is 64.3 Å². The summed E-state index contributed by atoms with van der Waals surface area (Å²) in [4.78, 5) is 13.9. The molecule has 1 atom stereocenters. The number of nitrogens with zero attached hydrogens (tertiary/aromatic N) is 4. The maximum Gasteiger partial charge on any atom is 0.224 e. The normalized spacial score (nSPS) is 15.6. The average molecular weight is 432 g/mol. The van der Waals surface area contributed by atoms with E-state index in [0.29, 0.717) is 46.3 Å². The number of imidazole rings is 1.